The number of aromatic amines is 1. The molecule has 2 fully saturated rings. The molecule has 1 aromatic heterocycles. The highest BCUT2D eigenvalue weighted by atomic mass is 16.7. The van der Waals surface area contributed by atoms with Gasteiger partial charge in [0.1, 0.15) is 5.75 Å². The van der Waals surface area contributed by atoms with Gasteiger partial charge in [-0.2, -0.15) is 0 Å². The number of nitrogens with zero attached hydrogens (tertiary/aromatic N) is 2. The van der Waals surface area contributed by atoms with E-state index < -0.39 is 0 Å². The molecule has 4 aromatic rings. The summed E-state index contributed by atoms with van der Waals surface area (Å²) < 4.78 is 28.5. The first kappa shape index (κ1) is 25.6. The first-order valence-corrected chi connectivity index (χ1v) is 13.3. The molecule has 3 heterocycles. The van der Waals surface area contributed by atoms with E-state index in [1.54, 1.807) is 21.3 Å². The van der Waals surface area contributed by atoms with E-state index in [1.807, 2.05) is 30.3 Å². The van der Waals surface area contributed by atoms with Gasteiger partial charge in [0.05, 0.1) is 27.0 Å². The molecule has 1 N–H and O–H groups in total. The Labute approximate surface area is 229 Å². The van der Waals surface area contributed by atoms with E-state index >= 15 is 0 Å². The van der Waals surface area contributed by atoms with Crippen LogP contribution in [0.1, 0.15) is 16.8 Å². The van der Waals surface area contributed by atoms with Gasteiger partial charge in [-0.15, -0.1) is 0 Å². The number of hydrogen-bond donors (Lipinski definition) is 1. The highest BCUT2D eigenvalue weighted by Gasteiger charge is 2.42. The number of hydrogen-bond acceptors (Lipinski definition) is 7. The number of benzene rings is 3. The molecule has 6 rings (SSSR count). The molecule has 0 amide bonds. The Morgan fingerprint density at radius 3 is 2.31 bits per heavy atom. The fourth-order valence-corrected chi connectivity index (χ4v) is 5.66. The molecule has 2 aliphatic heterocycles. The number of ether oxygens (including phenoxy) is 5. The molecule has 0 aliphatic carbocycles. The van der Waals surface area contributed by atoms with E-state index in [9.17, 15) is 0 Å². The molecule has 2 atom stereocenters. The van der Waals surface area contributed by atoms with Crippen LogP contribution in [0.25, 0.3) is 10.9 Å². The number of piperazine rings is 1. The monoisotopic (exact) mass is 529 g/mol. The maximum Gasteiger partial charge on any atom is 0.173 e. The Bertz CT molecular complexity index is 1380. The molecule has 0 bridgehead atoms. The fourth-order valence-electron chi connectivity index (χ4n) is 5.66. The minimum Gasteiger partial charge on any atom is -0.495 e. The molecule has 2 aliphatic rings. The first-order chi connectivity index (χ1) is 19.2. The average molecular weight is 530 g/mol. The predicted molar refractivity (Wildman–Crippen MR) is 151 cm³/mol. The van der Waals surface area contributed by atoms with Crippen LogP contribution < -0.4 is 19.1 Å². The second-order valence-corrected chi connectivity index (χ2v) is 9.97. The third-order valence-electron chi connectivity index (χ3n) is 7.70. The number of nitrogens with one attached hydrogen (secondary N) is 1. The Balaban J connectivity index is 1.08. The predicted octanol–water partition coefficient (Wildman–Crippen LogP) is 4.81. The molecule has 39 heavy (non-hydrogen) atoms. The van der Waals surface area contributed by atoms with E-state index in [0.29, 0.717) is 6.79 Å². The van der Waals surface area contributed by atoms with Gasteiger partial charge in [0, 0.05) is 48.7 Å². The average Bonchev–Trinajstić information content (AvgIpc) is 3.63. The van der Waals surface area contributed by atoms with Crippen molar-refractivity contribution in [2.75, 3.05) is 52.7 Å². The van der Waals surface area contributed by atoms with Crippen molar-refractivity contribution < 1.29 is 23.7 Å². The lowest BCUT2D eigenvalue weighted by Gasteiger charge is -2.43. The van der Waals surface area contributed by atoms with E-state index in [4.69, 9.17) is 23.7 Å². The maximum atomic E-state index is 6.02. The van der Waals surface area contributed by atoms with Gasteiger partial charge in [-0.1, -0.05) is 36.4 Å². The summed E-state index contributed by atoms with van der Waals surface area (Å²) in [5, 5.41) is 1.11. The van der Waals surface area contributed by atoms with E-state index in [0.717, 1.165) is 72.0 Å². The highest BCUT2D eigenvalue weighted by Crippen LogP contribution is 2.35. The van der Waals surface area contributed by atoms with Crippen LogP contribution >= 0.6 is 0 Å². The summed E-state index contributed by atoms with van der Waals surface area (Å²) in [5.74, 6) is 2.32. The quantitative estimate of drug-likeness (QED) is 0.334. The normalized spacial score (nSPS) is 19.3. The SMILES string of the molecule is COc1cc2cc(Cc3ccc(CCN4CCN(c5ccccc5OC)C5OCOC54)cc3)[nH]c2cc1OC. The first-order valence-electron chi connectivity index (χ1n) is 13.3. The second kappa shape index (κ2) is 11.2. The topological polar surface area (TPSA) is 68.4 Å². The summed E-state index contributed by atoms with van der Waals surface area (Å²) in [6.45, 7) is 2.97. The van der Waals surface area contributed by atoms with Gasteiger partial charge in [-0.25, -0.2) is 0 Å². The van der Waals surface area contributed by atoms with E-state index in [-0.39, 0.29) is 12.5 Å². The summed E-state index contributed by atoms with van der Waals surface area (Å²) in [6, 6.07) is 23.2. The van der Waals surface area contributed by atoms with Crippen molar-refractivity contribution in [3.05, 3.63) is 83.6 Å². The van der Waals surface area contributed by atoms with Crippen LogP contribution in [0.4, 0.5) is 5.69 Å². The number of H-pyrrole nitrogens is 1. The van der Waals surface area contributed by atoms with Crippen molar-refractivity contribution in [3.8, 4) is 17.2 Å². The fraction of sp³-hybridized carbons (Fsp3) is 0.355. The van der Waals surface area contributed by atoms with Crippen molar-refractivity contribution in [2.24, 2.45) is 0 Å². The summed E-state index contributed by atoms with van der Waals surface area (Å²) in [5.41, 5.74) is 5.82. The minimum absolute atomic E-state index is 0.0952. The number of rotatable bonds is 9. The zero-order valence-electron chi connectivity index (χ0n) is 22.7. The zero-order chi connectivity index (χ0) is 26.8. The Morgan fingerprint density at radius 2 is 1.51 bits per heavy atom. The molecule has 204 valence electrons. The number of fused-ring (bicyclic) bond motifs is 2. The van der Waals surface area contributed by atoms with Gasteiger partial charge in [-0.05, 0) is 41.8 Å². The van der Waals surface area contributed by atoms with Crippen molar-refractivity contribution in [2.45, 2.75) is 25.3 Å². The summed E-state index contributed by atoms with van der Waals surface area (Å²) in [6.07, 6.45) is 1.54. The molecule has 2 unspecified atom stereocenters. The molecule has 2 saturated heterocycles. The van der Waals surface area contributed by atoms with Gasteiger partial charge in [0.25, 0.3) is 0 Å². The molecular weight excluding hydrogens is 494 g/mol. The third-order valence-corrected chi connectivity index (χ3v) is 7.70. The van der Waals surface area contributed by atoms with Crippen LogP contribution in [-0.2, 0) is 22.3 Å². The Kier molecular flexibility index (Phi) is 7.32. The third kappa shape index (κ3) is 5.15. The van der Waals surface area contributed by atoms with E-state index in [1.165, 1.54) is 11.1 Å². The number of para-hydroxylation sites is 2. The van der Waals surface area contributed by atoms with Crippen molar-refractivity contribution in [1.29, 1.82) is 0 Å². The molecule has 3 aromatic carbocycles. The molecule has 0 radical (unpaired) electrons. The highest BCUT2D eigenvalue weighted by molar-refractivity contribution is 5.84. The van der Waals surface area contributed by atoms with Crippen LogP contribution in [0.3, 0.4) is 0 Å². The summed E-state index contributed by atoms with van der Waals surface area (Å²) in [4.78, 5) is 8.17. The number of methoxy groups -OCH3 is 3. The van der Waals surface area contributed by atoms with Gasteiger partial charge in [-0.3, -0.25) is 4.90 Å². The lowest BCUT2D eigenvalue weighted by atomic mass is 10.0. The van der Waals surface area contributed by atoms with Crippen molar-refractivity contribution in [3.63, 3.8) is 0 Å². The van der Waals surface area contributed by atoms with Crippen molar-refractivity contribution >= 4 is 16.6 Å². The number of anilines is 1. The second-order valence-electron chi connectivity index (χ2n) is 9.97. The van der Waals surface area contributed by atoms with Gasteiger partial charge >= 0.3 is 0 Å². The lowest BCUT2D eigenvalue weighted by Crippen LogP contribution is -2.58. The van der Waals surface area contributed by atoms with Crippen LogP contribution in [0, 0.1) is 0 Å². The van der Waals surface area contributed by atoms with E-state index in [2.05, 4.69) is 51.2 Å². The minimum atomic E-state index is -0.145. The van der Waals surface area contributed by atoms with Gasteiger partial charge in [0.15, 0.2) is 30.7 Å². The molecule has 0 saturated carbocycles. The van der Waals surface area contributed by atoms with Crippen LogP contribution in [-0.4, -0.2) is 70.1 Å². The zero-order valence-corrected chi connectivity index (χ0v) is 22.7. The number of aromatic nitrogens is 1. The van der Waals surface area contributed by atoms with Crippen LogP contribution in [0.5, 0.6) is 17.2 Å². The van der Waals surface area contributed by atoms with Gasteiger partial charge in [0.2, 0.25) is 0 Å². The van der Waals surface area contributed by atoms with Crippen molar-refractivity contribution in [1.82, 2.24) is 9.88 Å². The van der Waals surface area contributed by atoms with Gasteiger partial charge < -0.3 is 33.6 Å². The maximum absolute atomic E-state index is 6.02. The van der Waals surface area contributed by atoms with Crippen LogP contribution in [0.2, 0.25) is 0 Å². The standard InChI is InChI=1S/C31H35N3O5/c1-35-27-7-5-4-6-26(27)34-15-14-33(30-31(34)39-20-38-30)13-12-21-8-10-22(11-9-21)16-24-17-23-18-28(36-2)29(37-3)19-25(23)32-24/h4-11,17-19,30-32H,12-16,20H2,1-3H3. The summed E-state index contributed by atoms with van der Waals surface area (Å²) in [7, 11) is 5.02. The van der Waals surface area contributed by atoms with Crippen LogP contribution in [0.15, 0.2) is 66.7 Å². The largest absolute Gasteiger partial charge is 0.495 e. The lowest BCUT2D eigenvalue weighted by molar-refractivity contribution is -0.0379. The molecule has 8 nitrogen and oxygen atoms in total. The molecule has 8 heteroatoms. The Hall–Kier alpha value is -3.72. The summed E-state index contributed by atoms with van der Waals surface area (Å²) >= 11 is 0. The smallest absolute Gasteiger partial charge is 0.173 e. The molecule has 0 spiro atoms. The Morgan fingerprint density at radius 1 is 0.795 bits per heavy atom. The molecular formula is C31H35N3O5.